The van der Waals surface area contributed by atoms with E-state index in [1.807, 2.05) is 38.1 Å². The summed E-state index contributed by atoms with van der Waals surface area (Å²) in [5, 5.41) is 9.27. The fourth-order valence-electron chi connectivity index (χ4n) is 2.61. The van der Waals surface area contributed by atoms with Gasteiger partial charge in [0, 0.05) is 25.7 Å². The summed E-state index contributed by atoms with van der Waals surface area (Å²) >= 11 is 0. The number of halogens is 1. The highest BCUT2D eigenvalue weighted by molar-refractivity contribution is 14.0. The first-order valence-corrected chi connectivity index (χ1v) is 9.62. The number of aliphatic imine (C=N–C) groups is 1. The Hall–Kier alpha value is -2.49. The summed E-state index contributed by atoms with van der Waals surface area (Å²) in [5.74, 6) is 2.13. The van der Waals surface area contributed by atoms with Crippen molar-refractivity contribution in [3.63, 3.8) is 0 Å². The van der Waals surface area contributed by atoms with Crippen LogP contribution in [0, 0.1) is 6.92 Å². The van der Waals surface area contributed by atoms with Crippen molar-refractivity contribution in [1.82, 2.24) is 16.0 Å². The number of para-hydroxylation sites is 1. The minimum atomic E-state index is -0.127. The van der Waals surface area contributed by atoms with Crippen LogP contribution >= 0.6 is 24.0 Å². The van der Waals surface area contributed by atoms with E-state index in [1.54, 1.807) is 38.4 Å². The number of rotatable bonds is 9. The van der Waals surface area contributed by atoms with Crippen LogP contribution < -0.4 is 25.4 Å². The van der Waals surface area contributed by atoms with E-state index in [0.717, 1.165) is 17.1 Å². The SMILES string of the molecule is CN=C(NCCNC(=O)c1ccc(OC)cc1)NCC(C)Oc1ccccc1C.I. The maximum absolute atomic E-state index is 12.1. The van der Waals surface area contributed by atoms with Gasteiger partial charge in [-0.15, -0.1) is 24.0 Å². The number of guanidine groups is 1. The third-order valence-electron chi connectivity index (χ3n) is 4.26. The Bertz CT molecular complexity index is 812. The summed E-state index contributed by atoms with van der Waals surface area (Å²) < 4.78 is 11.0. The molecule has 1 unspecified atom stereocenters. The fourth-order valence-corrected chi connectivity index (χ4v) is 2.61. The number of methoxy groups -OCH3 is 1. The lowest BCUT2D eigenvalue weighted by atomic mass is 10.2. The van der Waals surface area contributed by atoms with Gasteiger partial charge in [0.1, 0.15) is 17.6 Å². The zero-order chi connectivity index (χ0) is 21.1. The van der Waals surface area contributed by atoms with Crippen molar-refractivity contribution in [3.05, 3.63) is 59.7 Å². The summed E-state index contributed by atoms with van der Waals surface area (Å²) in [5.41, 5.74) is 1.70. The average Bonchev–Trinajstić information content (AvgIpc) is 2.74. The number of hydrogen-bond acceptors (Lipinski definition) is 4. The second-order valence-corrected chi connectivity index (χ2v) is 6.56. The minimum absolute atomic E-state index is 0. The summed E-state index contributed by atoms with van der Waals surface area (Å²) in [6, 6.07) is 14.9. The Morgan fingerprint density at radius 2 is 1.70 bits per heavy atom. The molecular weight excluding hydrogens is 495 g/mol. The van der Waals surface area contributed by atoms with Crippen molar-refractivity contribution in [2.75, 3.05) is 33.8 Å². The number of carbonyl (C=O) groups excluding carboxylic acids is 1. The normalized spacial score (nSPS) is 11.7. The van der Waals surface area contributed by atoms with Gasteiger partial charge in [-0.2, -0.15) is 0 Å². The standard InChI is InChI=1S/C22H30N4O3.HI/c1-16-7-5-6-8-20(16)29-17(2)15-26-22(23-3)25-14-13-24-21(27)18-9-11-19(28-4)12-10-18;/h5-12,17H,13-15H2,1-4H3,(H,24,27)(H2,23,25,26);1H. The predicted molar refractivity (Wildman–Crippen MR) is 131 cm³/mol. The predicted octanol–water partition coefficient (Wildman–Crippen LogP) is 2.98. The van der Waals surface area contributed by atoms with E-state index in [0.29, 0.717) is 31.2 Å². The number of nitrogens with one attached hydrogen (secondary N) is 3. The maximum atomic E-state index is 12.1. The second-order valence-electron chi connectivity index (χ2n) is 6.56. The molecule has 0 bridgehead atoms. The van der Waals surface area contributed by atoms with E-state index in [2.05, 4.69) is 20.9 Å². The molecule has 2 aromatic carbocycles. The third kappa shape index (κ3) is 8.48. The maximum Gasteiger partial charge on any atom is 0.251 e. The molecule has 0 aliphatic carbocycles. The molecule has 2 rings (SSSR count). The molecule has 0 aliphatic heterocycles. The van der Waals surface area contributed by atoms with Crippen molar-refractivity contribution in [3.8, 4) is 11.5 Å². The van der Waals surface area contributed by atoms with Crippen LogP contribution in [-0.4, -0.2) is 51.8 Å². The highest BCUT2D eigenvalue weighted by Crippen LogP contribution is 2.17. The first-order chi connectivity index (χ1) is 14.0. The molecule has 0 heterocycles. The van der Waals surface area contributed by atoms with Gasteiger partial charge >= 0.3 is 0 Å². The number of amides is 1. The lowest BCUT2D eigenvalue weighted by Crippen LogP contribution is -2.44. The van der Waals surface area contributed by atoms with Crippen LogP contribution in [-0.2, 0) is 0 Å². The number of ether oxygens (including phenoxy) is 2. The van der Waals surface area contributed by atoms with Crippen LogP contribution in [0.1, 0.15) is 22.8 Å². The molecule has 1 atom stereocenters. The summed E-state index contributed by atoms with van der Waals surface area (Å²) in [7, 11) is 3.30. The van der Waals surface area contributed by atoms with Crippen molar-refractivity contribution in [2.45, 2.75) is 20.0 Å². The largest absolute Gasteiger partial charge is 0.497 e. The molecule has 7 nitrogen and oxygen atoms in total. The Balaban J connectivity index is 0.00000450. The molecule has 164 valence electrons. The molecule has 1 amide bonds. The Morgan fingerprint density at radius 3 is 2.33 bits per heavy atom. The van der Waals surface area contributed by atoms with Crippen molar-refractivity contribution in [1.29, 1.82) is 0 Å². The van der Waals surface area contributed by atoms with Crippen LogP contribution in [0.2, 0.25) is 0 Å². The van der Waals surface area contributed by atoms with E-state index in [-0.39, 0.29) is 36.0 Å². The molecule has 3 N–H and O–H groups in total. The zero-order valence-corrected chi connectivity index (χ0v) is 20.2. The van der Waals surface area contributed by atoms with Crippen LogP contribution in [0.4, 0.5) is 0 Å². The van der Waals surface area contributed by atoms with Gasteiger partial charge in [-0.25, -0.2) is 0 Å². The van der Waals surface area contributed by atoms with E-state index in [9.17, 15) is 4.79 Å². The highest BCUT2D eigenvalue weighted by atomic mass is 127. The van der Waals surface area contributed by atoms with Gasteiger partial charge in [0.15, 0.2) is 5.96 Å². The van der Waals surface area contributed by atoms with Gasteiger partial charge in [-0.05, 0) is 49.7 Å². The van der Waals surface area contributed by atoms with Crippen molar-refractivity contribution in [2.24, 2.45) is 4.99 Å². The lowest BCUT2D eigenvalue weighted by Gasteiger charge is -2.19. The Morgan fingerprint density at radius 1 is 1.03 bits per heavy atom. The van der Waals surface area contributed by atoms with Crippen LogP contribution in [0.5, 0.6) is 11.5 Å². The first kappa shape index (κ1) is 25.5. The molecule has 0 saturated heterocycles. The second kappa shape index (κ2) is 13.7. The van der Waals surface area contributed by atoms with Gasteiger partial charge in [-0.3, -0.25) is 9.79 Å². The molecular formula is C22H31IN4O3. The third-order valence-corrected chi connectivity index (χ3v) is 4.26. The number of aryl methyl sites for hydroxylation is 1. The molecule has 30 heavy (non-hydrogen) atoms. The van der Waals surface area contributed by atoms with Gasteiger partial charge < -0.3 is 25.4 Å². The molecule has 0 spiro atoms. The van der Waals surface area contributed by atoms with Crippen molar-refractivity contribution < 1.29 is 14.3 Å². The molecule has 0 aromatic heterocycles. The lowest BCUT2D eigenvalue weighted by molar-refractivity contribution is 0.0954. The molecule has 0 radical (unpaired) electrons. The molecule has 0 aliphatic rings. The van der Waals surface area contributed by atoms with E-state index in [1.165, 1.54) is 0 Å². The molecule has 8 heteroatoms. The summed E-state index contributed by atoms with van der Waals surface area (Å²) in [4.78, 5) is 16.3. The quantitative estimate of drug-likeness (QED) is 0.203. The molecule has 0 saturated carbocycles. The van der Waals surface area contributed by atoms with E-state index in [4.69, 9.17) is 9.47 Å². The van der Waals surface area contributed by atoms with Gasteiger partial charge in [0.05, 0.1) is 13.7 Å². The Kier molecular flexibility index (Phi) is 11.7. The molecule has 2 aromatic rings. The van der Waals surface area contributed by atoms with Gasteiger partial charge in [0.25, 0.3) is 5.91 Å². The highest BCUT2D eigenvalue weighted by Gasteiger charge is 2.08. The van der Waals surface area contributed by atoms with Crippen LogP contribution in [0.3, 0.4) is 0 Å². The van der Waals surface area contributed by atoms with Crippen molar-refractivity contribution >= 4 is 35.8 Å². The Labute approximate surface area is 195 Å². The smallest absolute Gasteiger partial charge is 0.251 e. The molecule has 0 fully saturated rings. The monoisotopic (exact) mass is 526 g/mol. The summed E-state index contributed by atoms with van der Waals surface area (Å²) in [6.07, 6.45) is -0.0237. The number of carbonyl (C=O) groups is 1. The zero-order valence-electron chi connectivity index (χ0n) is 17.9. The summed E-state index contributed by atoms with van der Waals surface area (Å²) in [6.45, 7) is 5.65. The van der Waals surface area contributed by atoms with Gasteiger partial charge in [0.2, 0.25) is 0 Å². The fraction of sp³-hybridized carbons (Fsp3) is 0.364. The first-order valence-electron chi connectivity index (χ1n) is 9.62. The minimum Gasteiger partial charge on any atom is -0.497 e. The van der Waals surface area contributed by atoms with Gasteiger partial charge in [-0.1, -0.05) is 18.2 Å². The van der Waals surface area contributed by atoms with E-state index < -0.39 is 0 Å². The average molecular weight is 526 g/mol. The van der Waals surface area contributed by atoms with Crippen LogP contribution in [0.15, 0.2) is 53.5 Å². The van der Waals surface area contributed by atoms with Crippen LogP contribution in [0.25, 0.3) is 0 Å². The van der Waals surface area contributed by atoms with E-state index >= 15 is 0 Å². The topological polar surface area (TPSA) is 84.0 Å². The number of nitrogens with zero attached hydrogens (tertiary/aromatic N) is 1. The number of benzene rings is 2. The number of hydrogen-bond donors (Lipinski definition) is 3.